The summed E-state index contributed by atoms with van der Waals surface area (Å²) in [6.45, 7) is 2.20. The molecule has 128 valence electrons. The van der Waals surface area contributed by atoms with Crippen LogP contribution in [-0.4, -0.2) is 49.4 Å². The first-order valence-corrected chi connectivity index (χ1v) is 9.42. The zero-order chi connectivity index (χ0) is 15.5. The normalized spacial score (nSPS) is 23.6. The quantitative estimate of drug-likeness (QED) is 0.813. The fraction of sp³-hybridized carbons (Fsp3) is 0.562. The predicted octanol–water partition coefficient (Wildman–Crippen LogP) is 3.24. The third-order valence-corrected chi connectivity index (χ3v) is 5.88. The van der Waals surface area contributed by atoms with E-state index >= 15 is 0 Å². The number of amides is 1. The van der Waals surface area contributed by atoms with Crippen LogP contribution in [0.1, 0.15) is 24.4 Å². The van der Waals surface area contributed by atoms with Gasteiger partial charge in [-0.05, 0) is 30.2 Å². The third kappa shape index (κ3) is 4.63. The lowest BCUT2D eigenvalue weighted by molar-refractivity contribution is -0.133. The fourth-order valence-electron chi connectivity index (χ4n) is 3.03. The summed E-state index contributed by atoms with van der Waals surface area (Å²) in [6.07, 6.45) is 1.51. The number of morpholine rings is 1. The molecule has 1 saturated heterocycles. The Hall–Kier alpha value is -0.270. The largest absolute Gasteiger partial charge is 0.378 e. The van der Waals surface area contributed by atoms with E-state index in [1.807, 2.05) is 23.7 Å². The number of halogens is 2. The summed E-state index contributed by atoms with van der Waals surface area (Å²) >= 11 is 5.42. The lowest BCUT2D eigenvalue weighted by atomic mass is 10.0. The molecule has 1 N–H and O–H groups in total. The Balaban J connectivity index is 0.00000192. The zero-order valence-corrected chi connectivity index (χ0v) is 16.3. The third-order valence-electron chi connectivity index (χ3n) is 4.26. The second kappa shape index (κ2) is 8.72. The highest BCUT2D eigenvalue weighted by molar-refractivity contribution is 9.10. The van der Waals surface area contributed by atoms with Crippen LogP contribution >= 0.6 is 40.1 Å². The van der Waals surface area contributed by atoms with E-state index in [0.29, 0.717) is 13.0 Å². The van der Waals surface area contributed by atoms with Crippen molar-refractivity contribution >= 4 is 46.0 Å². The van der Waals surface area contributed by atoms with Crippen LogP contribution in [0.3, 0.4) is 0 Å². The van der Waals surface area contributed by atoms with Crippen molar-refractivity contribution in [3.05, 3.63) is 28.2 Å². The molecule has 0 aromatic heterocycles. The first-order valence-electron chi connectivity index (χ1n) is 7.64. The Morgan fingerprint density at radius 3 is 3.09 bits per heavy atom. The fourth-order valence-corrected chi connectivity index (χ4v) is 4.49. The highest BCUT2D eigenvalue weighted by Crippen LogP contribution is 2.40. The topological polar surface area (TPSA) is 41.6 Å². The molecule has 0 bridgehead atoms. The van der Waals surface area contributed by atoms with Crippen molar-refractivity contribution in [2.24, 2.45) is 0 Å². The highest BCUT2D eigenvalue weighted by Gasteiger charge is 2.29. The molecule has 0 spiro atoms. The van der Waals surface area contributed by atoms with Crippen LogP contribution in [0.15, 0.2) is 27.6 Å². The summed E-state index contributed by atoms with van der Waals surface area (Å²) in [7, 11) is 1.93. The smallest absolute Gasteiger partial charge is 0.224 e. The van der Waals surface area contributed by atoms with Gasteiger partial charge >= 0.3 is 0 Å². The van der Waals surface area contributed by atoms with E-state index in [-0.39, 0.29) is 30.4 Å². The number of hydrogen-bond donors (Lipinski definition) is 1. The maximum Gasteiger partial charge on any atom is 0.224 e. The van der Waals surface area contributed by atoms with Gasteiger partial charge in [0.1, 0.15) is 0 Å². The van der Waals surface area contributed by atoms with Gasteiger partial charge in [0, 0.05) is 41.2 Å². The number of carbonyl (C=O) groups is 1. The van der Waals surface area contributed by atoms with Crippen molar-refractivity contribution in [1.82, 2.24) is 10.2 Å². The second-order valence-corrected chi connectivity index (χ2v) is 7.82. The molecule has 2 heterocycles. The first-order chi connectivity index (χ1) is 10.6. The molecular formula is C16H22BrClN2O2S. The first kappa shape index (κ1) is 19.1. The number of fused-ring (bicyclic) bond motifs is 1. The predicted molar refractivity (Wildman–Crippen MR) is 99.5 cm³/mol. The average molecular weight is 422 g/mol. The van der Waals surface area contributed by atoms with E-state index in [1.165, 1.54) is 10.5 Å². The molecule has 7 heteroatoms. The maximum absolute atomic E-state index is 12.6. The molecule has 0 saturated carbocycles. The van der Waals surface area contributed by atoms with Crippen molar-refractivity contribution in [1.29, 1.82) is 0 Å². The van der Waals surface area contributed by atoms with E-state index in [4.69, 9.17) is 4.74 Å². The Morgan fingerprint density at radius 1 is 1.52 bits per heavy atom. The van der Waals surface area contributed by atoms with Crippen LogP contribution in [-0.2, 0) is 9.53 Å². The van der Waals surface area contributed by atoms with Gasteiger partial charge in [-0.1, -0.05) is 15.9 Å². The summed E-state index contributed by atoms with van der Waals surface area (Å²) in [5, 5.41) is 3.35. The van der Waals surface area contributed by atoms with Crippen molar-refractivity contribution in [3.8, 4) is 0 Å². The van der Waals surface area contributed by atoms with E-state index in [0.717, 1.165) is 29.8 Å². The zero-order valence-electron chi connectivity index (χ0n) is 13.1. The van der Waals surface area contributed by atoms with Gasteiger partial charge in [-0.3, -0.25) is 4.79 Å². The minimum atomic E-state index is 0. The monoisotopic (exact) mass is 420 g/mol. The molecule has 1 aromatic rings. The van der Waals surface area contributed by atoms with Gasteiger partial charge in [-0.25, -0.2) is 0 Å². The van der Waals surface area contributed by atoms with Crippen molar-refractivity contribution in [2.45, 2.75) is 29.8 Å². The van der Waals surface area contributed by atoms with Gasteiger partial charge < -0.3 is 15.0 Å². The molecule has 4 nitrogen and oxygen atoms in total. The summed E-state index contributed by atoms with van der Waals surface area (Å²) in [6, 6.07) is 6.68. The van der Waals surface area contributed by atoms with Crippen LogP contribution in [0.4, 0.5) is 0 Å². The Kier molecular flexibility index (Phi) is 7.22. The van der Waals surface area contributed by atoms with Gasteiger partial charge in [0.25, 0.3) is 0 Å². The number of nitrogens with one attached hydrogen (secondary N) is 1. The van der Waals surface area contributed by atoms with Gasteiger partial charge in [0.05, 0.1) is 19.3 Å². The van der Waals surface area contributed by atoms with Crippen LogP contribution in [0, 0.1) is 0 Å². The van der Waals surface area contributed by atoms with Gasteiger partial charge in [0.2, 0.25) is 5.91 Å². The Bertz CT molecular complexity index is 555. The van der Waals surface area contributed by atoms with E-state index in [9.17, 15) is 4.79 Å². The number of rotatable bonds is 3. The number of thioether (sulfide) groups is 1. The van der Waals surface area contributed by atoms with Crippen LogP contribution in [0.25, 0.3) is 0 Å². The lowest BCUT2D eigenvalue weighted by Gasteiger charge is -2.34. The van der Waals surface area contributed by atoms with Crippen LogP contribution in [0.2, 0.25) is 0 Å². The molecule has 2 atom stereocenters. The molecule has 1 aromatic carbocycles. The summed E-state index contributed by atoms with van der Waals surface area (Å²) in [4.78, 5) is 15.8. The molecule has 23 heavy (non-hydrogen) atoms. The maximum atomic E-state index is 12.6. The molecule has 2 aliphatic heterocycles. The van der Waals surface area contributed by atoms with Crippen LogP contribution in [0.5, 0.6) is 0 Å². The minimum Gasteiger partial charge on any atom is -0.378 e. The summed E-state index contributed by atoms with van der Waals surface area (Å²) in [5.41, 5.74) is 1.26. The number of hydrogen-bond acceptors (Lipinski definition) is 4. The molecule has 0 radical (unpaired) electrons. The minimum absolute atomic E-state index is 0. The van der Waals surface area contributed by atoms with E-state index < -0.39 is 0 Å². The van der Waals surface area contributed by atoms with Crippen molar-refractivity contribution in [3.63, 3.8) is 0 Å². The molecule has 3 rings (SSSR count). The van der Waals surface area contributed by atoms with Gasteiger partial charge in [-0.15, -0.1) is 24.2 Å². The van der Waals surface area contributed by atoms with E-state index in [1.54, 1.807) is 0 Å². The summed E-state index contributed by atoms with van der Waals surface area (Å²) in [5.74, 6) is 1.24. The molecule has 2 aliphatic rings. The Morgan fingerprint density at radius 2 is 2.35 bits per heavy atom. The molecule has 0 aliphatic carbocycles. The van der Waals surface area contributed by atoms with Crippen LogP contribution < -0.4 is 5.32 Å². The van der Waals surface area contributed by atoms with Crippen molar-refractivity contribution < 1.29 is 9.53 Å². The van der Waals surface area contributed by atoms with Gasteiger partial charge in [0.15, 0.2) is 0 Å². The summed E-state index contributed by atoms with van der Waals surface area (Å²) < 4.78 is 6.51. The van der Waals surface area contributed by atoms with E-state index in [2.05, 4.69) is 39.4 Å². The Labute approximate surface area is 156 Å². The number of nitrogens with zero attached hydrogens (tertiary/aromatic N) is 1. The highest BCUT2D eigenvalue weighted by atomic mass is 79.9. The number of carbonyl (C=O) groups excluding carboxylic acids is 1. The molecule has 2 unspecified atom stereocenters. The molecule has 1 fully saturated rings. The number of ether oxygens (including phenoxy) is 1. The second-order valence-electron chi connectivity index (χ2n) is 5.77. The number of benzene rings is 1. The lowest BCUT2D eigenvalue weighted by Crippen LogP contribution is -2.45. The average Bonchev–Trinajstić information content (AvgIpc) is 2.54. The molecule has 1 amide bonds. The standard InChI is InChI=1S/C16H21BrN2O2S.ClH/c1-19(16(20)9-12-10-21-6-5-18-12)14-4-7-22-15-3-2-11(17)8-13(14)15;/h2-3,8,12,14,18H,4-7,9-10H2,1H3;1H. The SMILES string of the molecule is CN(C(=O)CC1COCCN1)C1CCSc2ccc(Br)cc21.Cl. The van der Waals surface area contributed by atoms with Crippen molar-refractivity contribution in [2.75, 3.05) is 32.6 Å². The molecular weight excluding hydrogens is 400 g/mol. The van der Waals surface area contributed by atoms with Gasteiger partial charge in [-0.2, -0.15) is 0 Å².